The molecule has 0 radical (unpaired) electrons. The maximum atomic E-state index is 12.5. The monoisotopic (exact) mass is 291 g/mol. The summed E-state index contributed by atoms with van der Waals surface area (Å²) in [6, 6.07) is 1.32. The largest absolute Gasteiger partial charge is 0.343 e. The highest BCUT2D eigenvalue weighted by atomic mass is 16.2. The standard InChI is InChI=1S/C14H21N5O2/c1-9-8-12(18(2)17-9)19-7-5-11(14(19)21)16-13(20)10-4-3-6-15-10/h8,10-11,15H,3-7H2,1-2H3,(H,16,20)/t10-,11-/m0/s1. The first-order chi connectivity index (χ1) is 10.1. The van der Waals surface area contributed by atoms with Crippen LogP contribution in [0.3, 0.4) is 0 Å². The molecule has 2 aliphatic heterocycles. The van der Waals surface area contributed by atoms with Crippen molar-refractivity contribution in [2.45, 2.75) is 38.3 Å². The summed E-state index contributed by atoms with van der Waals surface area (Å²) in [5, 5.41) is 10.3. The van der Waals surface area contributed by atoms with Crippen LogP contribution in [0.2, 0.25) is 0 Å². The zero-order valence-electron chi connectivity index (χ0n) is 12.4. The summed E-state index contributed by atoms with van der Waals surface area (Å²) in [4.78, 5) is 26.3. The number of carbonyl (C=O) groups excluding carboxylic acids is 2. The second-order valence-corrected chi connectivity index (χ2v) is 5.76. The first-order valence-electron chi connectivity index (χ1n) is 7.42. The molecule has 3 heterocycles. The minimum atomic E-state index is -0.421. The van der Waals surface area contributed by atoms with Gasteiger partial charge < -0.3 is 10.6 Å². The Balaban J connectivity index is 1.66. The fourth-order valence-electron chi connectivity index (χ4n) is 3.07. The van der Waals surface area contributed by atoms with E-state index in [-0.39, 0.29) is 17.9 Å². The second kappa shape index (κ2) is 5.48. The minimum Gasteiger partial charge on any atom is -0.343 e. The van der Waals surface area contributed by atoms with Crippen LogP contribution in [-0.2, 0) is 16.6 Å². The van der Waals surface area contributed by atoms with Crippen LogP contribution in [0.4, 0.5) is 5.82 Å². The van der Waals surface area contributed by atoms with Crippen molar-refractivity contribution in [1.82, 2.24) is 20.4 Å². The predicted octanol–water partition coefficient (Wildman–Crippen LogP) is -0.298. The van der Waals surface area contributed by atoms with Gasteiger partial charge in [-0.25, -0.2) is 0 Å². The van der Waals surface area contributed by atoms with E-state index in [0.717, 1.165) is 30.9 Å². The average Bonchev–Trinajstić information content (AvgIpc) is 3.13. The van der Waals surface area contributed by atoms with Crippen molar-refractivity contribution in [1.29, 1.82) is 0 Å². The molecule has 0 aliphatic carbocycles. The van der Waals surface area contributed by atoms with Crippen LogP contribution in [0, 0.1) is 6.92 Å². The molecule has 2 amide bonds. The minimum absolute atomic E-state index is 0.0515. The molecule has 0 spiro atoms. The summed E-state index contributed by atoms with van der Waals surface area (Å²) < 4.78 is 1.70. The number of carbonyl (C=O) groups is 2. The summed E-state index contributed by atoms with van der Waals surface area (Å²) in [6.45, 7) is 3.38. The van der Waals surface area contributed by atoms with E-state index >= 15 is 0 Å². The van der Waals surface area contributed by atoms with E-state index in [2.05, 4.69) is 15.7 Å². The molecule has 1 aromatic rings. The number of amides is 2. The third-order valence-electron chi connectivity index (χ3n) is 4.15. The van der Waals surface area contributed by atoms with Gasteiger partial charge in [-0.05, 0) is 32.7 Å². The van der Waals surface area contributed by atoms with Crippen LogP contribution in [-0.4, -0.2) is 46.8 Å². The quantitative estimate of drug-likeness (QED) is 0.801. The summed E-state index contributed by atoms with van der Waals surface area (Å²) in [5.41, 5.74) is 0.878. The number of aromatic nitrogens is 2. The van der Waals surface area contributed by atoms with E-state index in [1.165, 1.54) is 0 Å². The van der Waals surface area contributed by atoms with E-state index in [4.69, 9.17) is 0 Å². The Morgan fingerprint density at radius 1 is 1.48 bits per heavy atom. The highest BCUT2D eigenvalue weighted by Gasteiger charge is 2.36. The maximum Gasteiger partial charge on any atom is 0.250 e. The van der Waals surface area contributed by atoms with Crippen LogP contribution < -0.4 is 15.5 Å². The molecule has 0 aromatic carbocycles. The third kappa shape index (κ3) is 2.65. The summed E-state index contributed by atoms with van der Waals surface area (Å²) >= 11 is 0. The zero-order valence-corrected chi connectivity index (χ0v) is 12.4. The number of aryl methyl sites for hydroxylation is 2. The van der Waals surface area contributed by atoms with Gasteiger partial charge in [-0.3, -0.25) is 19.2 Å². The molecule has 2 saturated heterocycles. The Labute approximate surface area is 123 Å². The molecule has 2 aliphatic rings. The zero-order chi connectivity index (χ0) is 15.0. The Kier molecular flexibility index (Phi) is 3.67. The number of nitrogens with one attached hydrogen (secondary N) is 2. The van der Waals surface area contributed by atoms with Gasteiger partial charge in [0.2, 0.25) is 5.91 Å². The SMILES string of the molecule is Cc1cc(N2CC[C@H](NC(=O)[C@@H]3CCCN3)C2=O)n(C)n1. The van der Waals surface area contributed by atoms with Crippen molar-refractivity contribution < 1.29 is 9.59 Å². The van der Waals surface area contributed by atoms with Crippen molar-refractivity contribution in [2.24, 2.45) is 7.05 Å². The molecule has 7 heteroatoms. The van der Waals surface area contributed by atoms with Gasteiger partial charge in [0.25, 0.3) is 5.91 Å². The topological polar surface area (TPSA) is 79.3 Å². The summed E-state index contributed by atoms with van der Waals surface area (Å²) in [6.07, 6.45) is 2.50. The fourth-order valence-corrected chi connectivity index (χ4v) is 3.07. The number of rotatable bonds is 3. The summed E-state index contributed by atoms with van der Waals surface area (Å²) in [5.74, 6) is 0.673. The predicted molar refractivity (Wildman–Crippen MR) is 77.9 cm³/mol. The molecule has 3 rings (SSSR count). The average molecular weight is 291 g/mol. The van der Waals surface area contributed by atoms with Crippen LogP contribution in [0.5, 0.6) is 0 Å². The van der Waals surface area contributed by atoms with Gasteiger partial charge in [0, 0.05) is 19.7 Å². The molecular weight excluding hydrogens is 270 g/mol. The molecule has 0 unspecified atom stereocenters. The van der Waals surface area contributed by atoms with Crippen molar-refractivity contribution in [2.75, 3.05) is 18.0 Å². The molecule has 1 aromatic heterocycles. The van der Waals surface area contributed by atoms with Crippen LogP contribution in [0.15, 0.2) is 6.07 Å². The lowest BCUT2D eigenvalue weighted by molar-refractivity contribution is -0.127. The van der Waals surface area contributed by atoms with E-state index in [1.54, 1.807) is 9.58 Å². The normalized spacial score (nSPS) is 25.6. The van der Waals surface area contributed by atoms with Crippen molar-refractivity contribution in [3.8, 4) is 0 Å². The molecule has 2 N–H and O–H groups in total. The molecule has 2 fully saturated rings. The van der Waals surface area contributed by atoms with Gasteiger partial charge in [-0.2, -0.15) is 5.10 Å². The maximum absolute atomic E-state index is 12.5. The first kappa shape index (κ1) is 14.1. The molecule has 2 atom stereocenters. The highest BCUT2D eigenvalue weighted by Crippen LogP contribution is 2.22. The fraction of sp³-hybridized carbons (Fsp3) is 0.643. The molecule has 114 valence electrons. The number of hydrogen-bond acceptors (Lipinski definition) is 4. The van der Waals surface area contributed by atoms with Crippen molar-refractivity contribution in [3.05, 3.63) is 11.8 Å². The lowest BCUT2D eigenvalue weighted by Crippen LogP contribution is -2.48. The van der Waals surface area contributed by atoms with Gasteiger partial charge >= 0.3 is 0 Å². The third-order valence-corrected chi connectivity index (χ3v) is 4.15. The highest BCUT2D eigenvalue weighted by molar-refractivity contribution is 6.01. The molecular formula is C14H21N5O2. The van der Waals surface area contributed by atoms with Crippen LogP contribution in [0.25, 0.3) is 0 Å². The van der Waals surface area contributed by atoms with Gasteiger partial charge in [0.1, 0.15) is 11.9 Å². The van der Waals surface area contributed by atoms with Crippen LogP contribution >= 0.6 is 0 Å². The number of hydrogen-bond donors (Lipinski definition) is 2. The van der Waals surface area contributed by atoms with Gasteiger partial charge in [-0.15, -0.1) is 0 Å². The lowest BCUT2D eigenvalue weighted by atomic mass is 10.2. The first-order valence-corrected chi connectivity index (χ1v) is 7.42. The number of nitrogens with zero attached hydrogens (tertiary/aromatic N) is 3. The van der Waals surface area contributed by atoms with E-state index in [0.29, 0.717) is 13.0 Å². The number of anilines is 1. The van der Waals surface area contributed by atoms with Gasteiger partial charge in [0.05, 0.1) is 11.7 Å². The Bertz CT molecular complexity index is 562. The Morgan fingerprint density at radius 2 is 2.29 bits per heavy atom. The lowest BCUT2D eigenvalue weighted by Gasteiger charge is -2.18. The summed E-state index contributed by atoms with van der Waals surface area (Å²) in [7, 11) is 1.82. The van der Waals surface area contributed by atoms with E-state index in [9.17, 15) is 9.59 Å². The molecule has 21 heavy (non-hydrogen) atoms. The Hall–Kier alpha value is -1.89. The van der Waals surface area contributed by atoms with Crippen molar-refractivity contribution in [3.63, 3.8) is 0 Å². The molecule has 7 nitrogen and oxygen atoms in total. The van der Waals surface area contributed by atoms with Gasteiger partial charge in [0.15, 0.2) is 0 Å². The van der Waals surface area contributed by atoms with E-state index < -0.39 is 6.04 Å². The Morgan fingerprint density at radius 3 is 2.90 bits per heavy atom. The van der Waals surface area contributed by atoms with E-state index in [1.807, 2.05) is 20.0 Å². The second-order valence-electron chi connectivity index (χ2n) is 5.76. The smallest absolute Gasteiger partial charge is 0.250 e. The van der Waals surface area contributed by atoms with Crippen molar-refractivity contribution >= 4 is 17.6 Å². The molecule has 0 bridgehead atoms. The van der Waals surface area contributed by atoms with Crippen LogP contribution in [0.1, 0.15) is 25.0 Å². The molecule has 0 saturated carbocycles. The van der Waals surface area contributed by atoms with Gasteiger partial charge in [-0.1, -0.05) is 0 Å².